The first-order valence-electron chi connectivity index (χ1n) is 13.1. The lowest BCUT2D eigenvalue weighted by atomic mass is 9.90. The molecule has 1 saturated heterocycles. The topological polar surface area (TPSA) is 90.0 Å². The molecule has 37 heavy (non-hydrogen) atoms. The van der Waals surface area contributed by atoms with E-state index in [1.807, 2.05) is 24.4 Å². The van der Waals surface area contributed by atoms with E-state index in [1.165, 1.54) is 25.6 Å². The third kappa shape index (κ3) is 5.68. The first kappa shape index (κ1) is 25.4. The van der Waals surface area contributed by atoms with Crippen LogP contribution >= 0.6 is 11.6 Å². The van der Waals surface area contributed by atoms with Crippen molar-refractivity contribution in [1.82, 2.24) is 19.9 Å². The van der Waals surface area contributed by atoms with E-state index >= 15 is 0 Å². The highest BCUT2D eigenvalue weighted by molar-refractivity contribution is 6.31. The molecule has 4 aromatic rings. The number of pyridine rings is 2. The Hall–Kier alpha value is -3.29. The number of nitrogens with zero attached hydrogens (tertiary/aromatic N) is 5. The fraction of sp³-hybridized carbons (Fsp3) is 0.379. The van der Waals surface area contributed by atoms with Crippen molar-refractivity contribution in [2.24, 2.45) is 0 Å². The van der Waals surface area contributed by atoms with Crippen molar-refractivity contribution < 1.29 is 4.74 Å². The van der Waals surface area contributed by atoms with Crippen LogP contribution in [0, 0.1) is 0 Å². The number of hydrogen-bond acceptors (Lipinski definition) is 7. The third-order valence-electron chi connectivity index (χ3n) is 6.91. The molecule has 1 fully saturated rings. The van der Waals surface area contributed by atoms with Gasteiger partial charge in [0.05, 0.1) is 24.3 Å². The summed E-state index contributed by atoms with van der Waals surface area (Å²) >= 11 is 6.45. The zero-order valence-electron chi connectivity index (χ0n) is 21.3. The largest absolute Gasteiger partial charge is 0.383 e. The van der Waals surface area contributed by atoms with Crippen molar-refractivity contribution in [3.8, 4) is 22.4 Å². The molecule has 4 heterocycles. The Kier molecular flexibility index (Phi) is 8.12. The van der Waals surface area contributed by atoms with Gasteiger partial charge in [-0.05, 0) is 48.2 Å². The van der Waals surface area contributed by atoms with Crippen LogP contribution in [0.4, 0.5) is 11.6 Å². The number of nitrogens with two attached hydrogens (primary N) is 1. The molecule has 192 valence electrons. The second kappa shape index (κ2) is 11.8. The number of nitrogen functional groups attached to an aromatic ring is 1. The van der Waals surface area contributed by atoms with Crippen LogP contribution in [0.5, 0.6) is 0 Å². The van der Waals surface area contributed by atoms with Crippen molar-refractivity contribution in [3.05, 3.63) is 59.5 Å². The summed E-state index contributed by atoms with van der Waals surface area (Å²) in [6.07, 6.45) is 10.2. The van der Waals surface area contributed by atoms with Gasteiger partial charge in [0, 0.05) is 35.4 Å². The van der Waals surface area contributed by atoms with Crippen molar-refractivity contribution in [1.29, 1.82) is 0 Å². The maximum Gasteiger partial charge on any atom is 0.165 e. The molecule has 0 bridgehead atoms. The summed E-state index contributed by atoms with van der Waals surface area (Å²) in [6.45, 7) is 5.38. The van der Waals surface area contributed by atoms with E-state index in [0.717, 1.165) is 84.7 Å². The van der Waals surface area contributed by atoms with E-state index in [9.17, 15) is 0 Å². The van der Waals surface area contributed by atoms with Crippen LogP contribution in [-0.4, -0.2) is 46.2 Å². The molecule has 0 radical (unpaired) electrons. The highest BCUT2D eigenvalue weighted by Gasteiger charge is 2.21. The number of hydrogen-bond donors (Lipinski definition) is 1. The van der Waals surface area contributed by atoms with Crippen LogP contribution in [-0.2, 0) is 11.2 Å². The number of halogens is 1. The van der Waals surface area contributed by atoms with Gasteiger partial charge in [-0.2, -0.15) is 0 Å². The molecule has 7 nitrogen and oxygen atoms in total. The van der Waals surface area contributed by atoms with E-state index in [4.69, 9.17) is 32.0 Å². The van der Waals surface area contributed by atoms with Gasteiger partial charge in [-0.25, -0.2) is 19.9 Å². The molecule has 0 saturated carbocycles. The average molecular weight is 517 g/mol. The van der Waals surface area contributed by atoms with E-state index in [1.54, 1.807) is 0 Å². The summed E-state index contributed by atoms with van der Waals surface area (Å²) in [7, 11) is 0. The maximum atomic E-state index is 6.45. The Morgan fingerprint density at radius 3 is 2.57 bits per heavy atom. The Morgan fingerprint density at radius 2 is 1.81 bits per heavy atom. The van der Waals surface area contributed by atoms with Crippen LogP contribution in [0.2, 0.25) is 5.02 Å². The summed E-state index contributed by atoms with van der Waals surface area (Å²) in [5.74, 6) is 1.38. The van der Waals surface area contributed by atoms with Gasteiger partial charge in [0.1, 0.15) is 18.0 Å². The number of anilines is 2. The standard InChI is InChI=1S/C29H33ClN6O/c1-2-3-4-5-6-10-23-25(20-8-7-9-22(30)17-20)26-28(31)33-19-34-29(26)35-27(23)21-11-12-24(32-18-21)36-13-15-37-16-14-36/h7-9,11-12,17-19H,2-6,10,13-16H2,1H3,(H2,31,33,34,35). The van der Waals surface area contributed by atoms with Crippen LogP contribution in [0.25, 0.3) is 33.4 Å². The molecule has 0 aliphatic carbocycles. The lowest BCUT2D eigenvalue weighted by Gasteiger charge is -2.27. The minimum absolute atomic E-state index is 0.423. The van der Waals surface area contributed by atoms with E-state index in [0.29, 0.717) is 16.5 Å². The van der Waals surface area contributed by atoms with Gasteiger partial charge >= 0.3 is 0 Å². The molecule has 0 atom stereocenters. The predicted octanol–water partition coefficient (Wildman–Crippen LogP) is 6.34. The summed E-state index contributed by atoms with van der Waals surface area (Å²) in [5, 5.41) is 1.44. The number of morpholine rings is 1. The van der Waals surface area contributed by atoms with Crippen molar-refractivity contribution in [2.75, 3.05) is 36.9 Å². The highest BCUT2D eigenvalue weighted by Crippen LogP contribution is 2.40. The van der Waals surface area contributed by atoms with Gasteiger partial charge in [0.15, 0.2) is 5.65 Å². The second-order valence-corrected chi connectivity index (χ2v) is 9.89. The second-order valence-electron chi connectivity index (χ2n) is 9.45. The van der Waals surface area contributed by atoms with Gasteiger partial charge in [0.2, 0.25) is 0 Å². The number of ether oxygens (including phenoxy) is 1. The summed E-state index contributed by atoms with van der Waals surface area (Å²) in [4.78, 5) is 20.9. The minimum Gasteiger partial charge on any atom is -0.383 e. The van der Waals surface area contributed by atoms with Crippen molar-refractivity contribution in [3.63, 3.8) is 0 Å². The van der Waals surface area contributed by atoms with Gasteiger partial charge in [0.25, 0.3) is 0 Å². The summed E-state index contributed by atoms with van der Waals surface area (Å²) < 4.78 is 5.49. The van der Waals surface area contributed by atoms with Crippen LogP contribution in [0.3, 0.4) is 0 Å². The zero-order chi connectivity index (χ0) is 25.6. The number of aromatic nitrogens is 4. The Balaban J connectivity index is 1.65. The molecule has 3 aromatic heterocycles. The molecule has 1 aromatic carbocycles. The molecular formula is C29H33ClN6O. The molecule has 1 aliphatic heterocycles. The fourth-order valence-corrected chi connectivity index (χ4v) is 5.20. The lowest BCUT2D eigenvalue weighted by molar-refractivity contribution is 0.122. The third-order valence-corrected chi connectivity index (χ3v) is 7.15. The van der Waals surface area contributed by atoms with E-state index in [2.05, 4.69) is 40.0 Å². The Morgan fingerprint density at radius 1 is 0.973 bits per heavy atom. The summed E-state index contributed by atoms with van der Waals surface area (Å²) in [6, 6.07) is 12.1. The lowest BCUT2D eigenvalue weighted by Crippen LogP contribution is -2.36. The fourth-order valence-electron chi connectivity index (χ4n) is 5.01. The van der Waals surface area contributed by atoms with Gasteiger partial charge in [-0.15, -0.1) is 0 Å². The Labute approximate surface area is 223 Å². The molecule has 0 spiro atoms. The first-order chi connectivity index (χ1) is 18.2. The molecule has 0 unspecified atom stereocenters. The highest BCUT2D eigenvalue weighted by atomic mass is 35.5. The van der Waals surface area contributed by atoms with Crippen molar-refractivity contribution in [2.45, 2.75) is 45.4 Å². The average Bonchev–Trinajstić information content (AvgIpc) is 2.93. The number of benzene rings is 1. The number of rotatable bonds is 9. The maximum absolute atomic E-state index is 6.45. The normalized spacial score (nSPS) is 13.8. The molecular weight excluding hydrogens is 484 g/mol. The predicted molar refractivity (Wildman–Crippen MR) is 151 cm³/mol. The van der Waals surface area contributed by atoms with E-state index in [-0.39, 0.29) is 0 Å². The minimum atomic E-state index is 0.423. The number of fused-ring (bicyclic) bond motifs is 1. The quantitative estimate of drug-likeness (QED) is 0.259. The number of unbranched alkanes of at least 4 members (excludes halogenated alkanes) is 4. The Bertz CT molecular complexity index is 1350. The van der Waals surface area contributed by atoms with Crippen molar-refractivity contribution >= 4 is 34.3 Å². The van der Waals surface area contributed by atoms with E-state index < -0.39 is 0 Å². The van der Waals surface area contributed by atoms with Gasteiger partial charge in [-0.1, -0.05) is 56.3 Å². The molecule has 8 heteroatoms. The van der Waals surface area contributed by atoms with Crippen LogP contribution in [0.1, 0.15) is 44.6 Å². The molecule has 1 aliphatic rings. The van der Waals surface area contributed by atoms with Crippen LogP contribution < -0.4 is 10.6 Å². The van der Waals surface area contributed by atoms with Gasteiger partial charge < -0.3 is 15.4 Å². The molecule has 2 N–H and O–H groups in total. The van der Waals surface area contributed by atoms with Gasteiger partial charge in [-0.3, -0.25) is 0 Å². The first-order valence-corrected chi connectivity index (χ1v) is 13.5. The monoisotopic (exact) mass is 516 g/mol. The zero-order valence-corrected chi connectivity index (χ0v) is 22.0. The SMILES string of the molecule is CCCCCCCc1c(-c2ccc(N3CCOCC3)nc2)nc2ncnc(N)c2c1-c1cccc(Cl)c1. The molecule has 5 rings (SSSR count). The smallest absolute Gasteiger partial charge is 0.165 e. The molecule has 0 amide bonds. The van der Waals surface area contributed by atoms with Crippen LogP contribution in [0.15, 0.2) is 48.9 Å². The summed E-state index contributed by atoms with van der Waals surface area (Å²) in [5.41, 5.74) is 12.0.